The maximum atomic E-state index is 11.9. The fourth-order valence-corrected chi connectivity index (χ4v) is 1.75. The summed E-state index contributed by atoms with van der Waals surface area (Å²) >= 11 is 0. The highest BCUT2D eigenvalue weighted by molar-refractivity contribution is 5.93. The number of amides is 1. The number of carbonyl (C=O) groups is 1. The van der Waals surface area contributed by atoms with Crippen molar-refractivity contribution in [1.29, 1.82) is 0 Å². The average molecular weight is 252 g/mol. The predicted octanol–water partition coefficient (Wildman–Crippen LogP) is 0.808. The molecule has 2 rings (SSSR count). The summed E-state index contributed by atoms with van der Waals surface area (Å²) in [6.07, 6.45) is 3.34. The summed E-state index contributed by atoms with van der Waals surface area (Å²) in [4.78, 5) is 22.2. The van der Waals surface area contributed by atoms with E-state index in [1.165, 1.54) is 12.3 Å². The molecule has 1 aliphatic rings. The van der Waals surface area contributed by atoms with Crippen LogP contribution in [0.2, 0.25) is 0 Å². The van der Waals surface area contributed by atoms with Gasteiger partial charge in [0.2, 0.25) is 0 Å². The van der Waals surface area contributed by atoms with E-state index >= 15 is 0 Å². The third kappa shape index (κ3) is 2.67. The van der Waals surface area contributed by atoms with Crippen molar-refractivity contribution in [1.82, 2.24) is 9.88 Å². The Hall–Kier alpha value is -1.89. The summed E-state index contributed by atoms with van der Waals surface area (Å²) in [6.45, 7) is 2.13. The molecule has 1 amide bonds. The number of hydrogen-bond donors (Lipinski definition) is 2. The minimum absolute atomic E-state index is 0.0483. The molecule has 0 aromatic carbocycles. The first-order valence-electron chi connectivity index (χ1n) is 5.89. The van der Waals surface area contributed by atoms with Crippen LogP contribution in [0.1, 0.15) is 36.3 Å². The summed E-state index contributed by atoms with van der Waals surface area (Å²) < 4.78 is 1.69. The Kier molecular flexibility index (Phi) is 3.33. The highest BCUT2D eigenvalue weighted by atomic mass is 16.6. The first kappa shape index (κ1) is 12.6. The van der Waals surface area contributed by atoms with Crippen molar-refractivity contribution in [3.8, 4) is 0 Å². The Morgan fingerprint density at radius 3 is 2.89 bits per heavy atom. The zero-order valence-electron chi connectivity index (χ0n) is 10.1. The van der Waals surface area contributed by atoms with Gasteiger partial charge in [-0.2, -0.15) is 0 Å². The highest BCUT2D eigenvalue weighted by Crippen LogP contribution is 2.37. The van der Waals surface area contributed by atoms with Gasteiger partial charge >= 0.3 is 0 Å². The molecular formula is C11H16N4O3. The molecule has 98 valence electrons. The second-order valence-corrected chi connectivity index (χ2v) is 4.67. The van der Waals surface area contributed by atoms with Gasteiger partial charge in [0.05, 0.1) is 11.1 Å². The second kappa shape index (κ2) is 4.77. The number of nitrogens with zero attached hydrogens (tertiary/aromatic N) is 2. The molecule has 1 unspecified atom stereocenters. The zero-order valence-corrected chi connectivity index (χ0v) is 10.1. The first-order valence-corrected chi connectivity index (χ1v) is 5.89. The molecule has 0 saturated heterocycles. The molecule has 1 atom stereocenters. The lowest BCUT2D eigenvalue weighted by atomic mass is 10.3. The third-order valence-corrected chi connectivity index (χ3v) is 2.80. The molecule has 1 fully saturated rings. The Bertz CT molecular complexity index is 477. The molecule has 7 heteroatoms. The molecular weight excluding hydrogens is 236 g/mol. The summed E-state index contributed by atoms with van der Waals surface area (Å²) in [5, 5.41) is 13.4. The van der Waals surface area contributed by atoms with Crippen LogP contribution < -0.4 is 11.1 Å². The van der Waals surface area contributed by atoms with Crippen LogP contribution in [0, 0.1) is 10.1 Å². The van der Waals surface area contributed by atoms with Crippen LogP contribution in [-0.2, 0) is 0 Å². The molecule has 0 radical (unpaired) electrons. The van der Waals surface area contributed by atoms with E-state index < -0.39 is 4.92 Å². The number of carbonyl (C=O) groups excluding carboxylic acids is 1. The zero-order chi connectivity index (χ0) is 13.3. The summed E-state index contributed by atoms with van der Waals surface area (Å²) in [7, 11) is 0. The maximum Gasteiger partial charge on any atom is 0.287 e. The first-order chi connectivity index (χ1) is 8.49. The van der Waals surface area contributed by atoms with Crippen LogP contribution in [0.25, 0.3) is 0 Å². The maximum absolute atomic E-state index is 11.9. The van der Waals surface area contributed by atoms with E-state index in [-0.39, 0.29) is 23.7 Å². The van der Waals surface area contributed by atoms with Crippen LogP contribution in [0.4, 0.5) is 5.69 Å². The molecule has 3 N–H and O–H groups in total. The molecule has 1 heterocycles. The van der Waals surface area contributed by atoms with Gasteiger partial charge in [0.1, 0.15) is 5.69 Å². The van der Waals surface area contributed by atoms with Crippen LogP contribution >= 0.6 is 0 Å². The molecule has 0 bridgehead atoms. The van der Waals surface area contributed by atoms with Gasteiger partial charge in [0.15, 0.2) is 0 Å². The standard InChI is InChI=1S/C11H16N4O3/c1-7(12)5-13-11(16)10-4-9(15(17)18)6-14(10)8-2-3-8/h4,6-8H,2-3,5,12H2,1H3,(H,13,16). The molecule has 1 saturated carbocycles. The van der Waals surface area contributed by atoms with Gasteiger partial charge < -0.3 is 15.6 Å². The third-order valence-electron chi connectivity index (χ3n) is 2.80. The minimum Gasteiger partial charge on any atom is -0.349 e. The normalized spacial score (nSPS) is 16.3. The van der Waals surface area contributed by atoms with Crippen LogP contribution in [0.3, 0.4) is 0 Å². The number of aromatic nitrogens is 1. The van der Waals surface area contributed by atoms with Gasteiger partial charge in [-0.05, 0) is 19.8 Å². The summed E-state index contributed by atoms with van der Waals surface area (Å²) in [5.41, 5.74) is 5.84. The van der Waals surface area contributed by atoms with Crippen molar-refractivity contribution in [3.63, 3.8) is 0 Å². The van der Waals surface area contributed by atoms with E-state index in [2.05, 4.69) is 5.32 Å². The fourth-order valence-electron chi connectivity index (χ4n) is 1.75. The van der Waals surface area contributed by atoms with Crippen molar-refractivity contribution in [2.45, 2.75) is 31.8 Å². The highest BCUT2D eigenvalue weighted by Gasteiger charge is 2.30. The number of nitrogens with one attached hydrogen (secondary N) is 1. The predicted molar refractivity (Wildman–Crippen MR) is 65.3 cm³/mol. The summed E-state index contributed by atoms with van der Waals surface area (Å²) in [6, 6.07) is 1.39. The lowest BCUT2D eigenvalue weighted by Gasteiger charge is -2.09. The van der Waals surface area contributed by atoms with E-state index in [4.69, 9.17) is 5.73 Å². The lowest BCUT2D eigenvalue weighted by molar-refractivity contribution is -0.384. The molecule has 1 aromatic heterocycles. The van der Waals surface area contributed by atoms with Crippen LogP contribution in [0.5, 0.6) is 0 Å². The van der Waals surface area contributed by atoms with E-state index in [1.807, 2.05) is 0 Å². The number of rotatable bonds is 5. The van der Waals surface area contributed by atoms with Crippen molar-refractivity contribution in [3.05, 3.63) is 28.1 Å². The van der Waals surface area contributed by atoms with Gasteiger partial charge in [-0.25, -0.2) is 0 Å². The van der Waals surface area contributed by atoms with Gasteiger partial charge in [-0.15, -0.1) is 0 Å². The molecule has 0 aliphatic heterocycles. The Morgan fingerprint density at radius 2 is 2.39 bits per heavy atom. The number of nitrogens with two attached hydrogens (primary N) is 1. The molecule has 7 nitrogen and oxygen atoms in total. The second-order valence-electron chi connectivity index (χ2n) is 4.67. The van der Waals surface area contributed by atoms with Crippen LogP contribution in [0.15, 0.2) is 12.3 Å². The van der Waals surface area contributed by atoms with Crippen molar-refractivity contribution in [2.75, 3.05) is 6.54 Å². The van der Waals surface area contributed by atoms with E-state index in [0.29, 0.717) is 12.2 Å². The van der Waals surface area contributed by atoms with Crippen molar-refractivity contribution in [2.24, 2.45) is 5.73 Å². The summed E-state index contributed by atoms with van der Waals surface area (Å²) in [5.74, 6) is -0.313. The molecule has 1 aromatic rings. The van der Waals surface area contributed by atoms with Gasteiger partial charge in [0, 0.05) is 24.7 Å². The molecule has 18 heavy (non-hydrogen) atoms. The van der Waals surface area contributed by atoms with Gasteiger partial charge in [-0.1, -0.05) is 0 Å². The fraction of sp³-hybridized carbons (Fsp3) is 0.545. The quantitative estimate of drug-likeness (QED) is 0.597. The lowest BCUT2D eigenvalue weighted by Crippen LogP contribution is -2.35. The SMILES string of the molecule is CC(N)CNC(=O)c1cc([N+](=O)[O-])cn1C1CC1. The number of hydrogen-bond acceptors (Lipinski definition) is 4. The largest absolute Gasteiger partial charge is 0.349 e. The Balaban J connectivity index is 2.19. The monoisotopic (exact) mass is 252 g/mol. The smallest absolute Gasteiger partial charge is 0.287 e. The van der Waals surface area contributed by atoms with Gasteiger partial charge in [-0.3, -0.25) is 14.9 Å². The van der Waals surface area contributed by atoms with Crippen molar-refractivity contribution < 1.29 is 9.72 Å². The minimum atomic E-state index is -0.485. The van der Waals surface area contributed by atoms with E-state index in [1.54, 1.807) is 11.5 Å². The topological polar surface area (TPSA) is 103 Å². The van der Waals surface area contributed by atoms with E-state index in [0.717, 1.165) is 12.8 Å². The van der Waals surface area contributed by atoms with Crippen molar-refractivity contribution >= 4 is 11.6 Å². The number of nitro groups is 1. The van der Waals surface area contributed by atoms with Crippen LogP contribution in [-0.4, -0.2) is 28.0 Å². The van der Waals surface area contributed by atoms with Gasteiger partial charge in [0.25, 0.3) is 11.6 Å². The average Bonchev–Trinajstić information content (AvgIpc) is 3.04. The Morgan fingerprint density at radius 1 is 1.72 bits per heavy atom. The molecule has 0 spiro atoms. The molecule has 1 aliphatic carbocycles. The Labute approximate surface area is 104 Å². The van der Waals surface area contributed by atoms with E-state index in [9.17, 15) is 14.9 Å².